The molecule has 1 rings (SSSR count). The molecule has 1 fully saturated rings. The minimum atomic E-state index is -3.79. The van der Waals surface area contributed by atoms with E-state index in [4.69, 9.17) is 42.4 Å². The normalized spacial score (nSPS) is 47.9. The van der Waals surface area contributed by atoms with Gasteiger partial charge in [0.2, 0.25) is 0 Å². The average molecular weight is 497 g/mol. The highest BCUT2D eigenvalue weighted by Gasteiger charge is 2.58. The average Bonchev–Trinajstić information content (AvgIpc) is 2.52. The topological polar surface area (TPSA) is 113 Å². The Balaban J connectivity index is 3.36. The van der Waals surface area contributed by atoms with Crippen LogP contribution in [0.3, 0.4) is 0 Å². The molecule has 0 amide bonds. The lowest BCUT2D eigenvalue weighted by molar-refractivity contribution is 0.0745. The largest absolute Gasteiger partial charge is 0.482 e. The van der Waals surface area contributed by atoms with E-state index in [1.807, 2.05) is 6.55 Å². The van der Waals surface area contributed by atoms with E-state index in [9.17, 15) is 4.80 Å². The molecule has 0 aliphatic carbocycles. The summed E-state index contributed by atoms with van der Waals surface area (Å²) in [7, 11) is -13.4. The lowest BCUT2D eigenvalue weighted by Gasteiger charge is -2.42. The number of hydrogen-bond acceptors (Lipinski definition) is 11. The summed E-state index contributed by atoms with van der Waals surface area (Å²) in [5.74, 6) is 0. The third kappa shape index (κ3) is 7.56. The van der Waals surface area contributed by atoms with E-state index in [1.165, 1.54) is 35.0 Å². The molecule has 1 aliphatic rings. The van der Waals surface area contributed by atoms with Crippen LogP contribution >= 0.6 is 0 Å². The van der Waals surface area contributed by atoms with E-state index in [-0.39, 0.29) is 0 Å². The Bertz CT molecular complexity index is 464. The maximum absolute atomic E-state index is 10.8. The number of hydrogen-bond donors (Lipinski definition) is 1. The van der Waals surface area contributed by atoms with Crippen molar-refractivity contribution in [2.45, 2.75) is 39.3 Å². The summed E-state index contributed by atoms with van der Waals surface area (Å²) in [5, 5.41) is 0. The molecule has 0 aromatic rings. The van der Waals surface area contributed by atoms with E-state index < -0.39 is 53.3 Å². The summed E-state index contributed by atoms with van der Waals surface area (Å²) >= 11 is 0. The number of rotatable bonds is 4. The summed E-state index contributed by atoms with van der Waals surface area (Å²) in [4.78, 5) is 10.8. The molecule has 1 N–H and O–H groups in total. The van der Waals surface area contributed by atoms with Gasteiger partial charge in [0, 0.05) is 61.2 Å². The third-order valence-corrected chi connectivity index (χ3v) is 24.7. The van der Waals surface area contributed by atoms with Gasteiger partial charge in [0.1, 0.15) is 0 Å². The Morgan fingerprint density at radius 3 is 1.15 bits per heavy atom. The summed E-state index contributed by atoms with van der Waals surface area (Å²) < 4.78 is 57.9. The lowest BCUT2D eigenvalue weighted by atomic mass is 11.8. The summed E-state index contributed by atoms with van der Waals surface area (Å²) in [6.07, 6.45) is 0. The van der Waals surface area contributed by atoms with Crippen LogP contribution in [-0.4, -0.2) is 86.5 Å². The fourth-order valence-electron chi connectivity index (χ4n) is 2.45. The molecule has 4 unspecified atom stereocenters. The zero-order chi connectivity index (χ0) is 21.1. The van der Waals surface area contributed by atoms with Crippen molar-refractivity contribution in [3.8, 4) is 0 Å². The molecular weight excluding hydrogens is 465 g/mol. The van der Waals surface area contributed by atoms with Crippen molar-refractivity contribution in [1.82, 2.24) is 0 Å². The standard InChI is InChI=1S/C10H32O11Si6/c1-12-24(7)16-22(5)17-25(8,13-2)21-27(10,15-4)19-23(6,11)18-26(9,14-3)20-24/h11,22H,1-10H3. The maximum atomic E-state index is 10.8. The molecule has 0 spiro atoms. The molecule has 0 saturated carbocycles. The molecule has 1 saturated heterocycles. The summed E-state index contributed by atoms with van der Waals surface area (Å²) in [6, 6.07) is 0. The van der Waals surface area contributed by atoms with E-state index in [0.29, 0.717) is 0 Å². The molecule has 1 heterocycles. The van der Waals surface area contributed by atoms with Crippen LogP contribution in [0.25, 0.3) is 0 Å². The van der Waals surface area contributed by atoms with Gasteiger partial charge >= 0.3 is 53.3 Å². The lowest BCUT2D eigenvalue weighted by Crippen LogP contribution is -2.67. The monoisotopic (exact) mass is 496 g/mol. The Hall–Kier alpha value is 0.861. The minimum Gasteiger partial charge on any atom is -0.396 e. The second-order valence-corrected chi connectivity index (χ2v) is 23.0. The smallest absolute Gasteiger partial charge is 0.396 e. The molecule has 27 heavy (non-hydrogen) atoms. The van der Waals surface area contributed by atoms with Crippen LogP contribution < -0.4 is 0 Å². The van der Waals surface area contributed by atoms with Crippen LogP contribution in [0.1, 0.15) is 0 Å². The zero-order valence-electron chi connectivity index (χ0n) is 17.6. The fraction of sp³-hybridized carbons (Fsp3) is 1.00. The Morgan fingerprint density at radius 2 is 0.889 bits per heavy atom. The quantitative estimate of drug-likeness (QED) is 0.545. The van der Waals surface area contributed by atoms with Gasteiger partial charge < -0.3 is 47.2 Å². The molecule has 1 aliphatic heterocycles. The first-order valence-electron chi connectivity index (χ1n) is 8.26. The van der Waals surface area contributed by atoms with Gasteiger partial charge in [0.05, 0.1) is 0 Å². The van der Waals surface area contributed by atoms with E-state index >= 15 is 0 Å². The van der Waals surface area contributed by atoms with E-state index in [0.717, 1.165) is 0 Å². The maximum Gasteiger partial charge on any atom is 0.482 e. The van der Waals surface area contributed by atoms with Gasteiger partial charge in [-0.3, -0.25) is 0 Å². The molecule has 11 nitrogen and oxygen atoms in total. The van der Waals surface area contributed by atoms with Crippen LogP contribution in [0.15, 0.2) is 0 Å². The first kappa shape index (κ1) is 25.9. The molecule has 0 bridgehead atoms. The van der Waals surface area contributed by atoms with Crippen molar-refractivity contribution in [1.29, 1.82) is 0 Å². The van der Waals surface area contributed by atoms with Gasteiger partial charge in [-0.25, -0.2) is 0 Å². The van der Waals surface area contributed by atoms with Gasteiger partial charge in [0.25, 0.3) is 0 Å². The van der Waals surface area contributed by atoms with Crippen molar-refractivity contribution in [2.75, 3.05) is 28.4 Å². The molecule has 0 aromatic carbocycles. The Kier molecular flexibility index (Phi) is 8.96. The van der Waals surface area contributed by atoms with E-state index in [2.05, 4.69) is 0 Å². The van der Waals surface area contributed by atoms with Crippen molar-refractivity contribution in [3.63, 3.8) is 0 Å². The summed E-state index contributed by atoms with van der Waals surface area (Å²) in [5.41, 5.74) is 0. The van der Waals surface area contributed by atoms with Crippen LogP contribution in [0.4, 0.5) is 0 Å². The van der Waals surface area contributed by atoms with Crippen LogP contribution in [0, 0.1) is 0 Å². The van der Waals surface area contributed by atoms with Crippen LogP contribution in [0.2, 0.25) is 39.3 Å². The predicted molar refractivity (Wildman–Crippen MR) is 108 cm³/mol. The molecule has 17 heteroatoms. The molecule has 0 aromatic heterocycles. The van der Waals surface area contributed by atoms with Crippen molar-refractivity contribution in [2.24, 2.45) is 0 Å². The molecule has 0 radical (unpaired) electrons. The second kappa shape index (κ2) is 9.34. The second-order valence-electron chi connectivity index (χ2n) is 6.38. The van der Waals surface area contributed by atoms with Gasteiger partial charge in [-0.1, -0.05) is 0 Å². The van der Waals surface area contributed by atoms with Crippen molar-refractivity contribution in [3.05, 3.63) is 0 Å². The molecule has 4 atom stereocenters. The first-order chi connectivity index (χ1) is 12.2. The van der Waals surface area contributed by atoms with Crippen LogP contribution in [0.5, 0.6) is 0 Å². The SMILES string of the molecule is CO[Si]1(C)O[SiH](C)O[Si](C)(OC)O[Si](C)(OC)O[Si](C)(O)O[Si](C)(OC)O1. The highest BCUT2D eigenvalue weighted by Crippen LogP contribution is 2.28. The highest BCUT2D eigenvalue weighted by atomic mass is 28.5. The highest BCUT2D eigenvalue weighted by molar-refractivity contribution is 6.86. The zero-order valence-corrected chi connectivity index (χ0v) is 23.8. The molecular formula is C10H32O11Si6. The van der Waals surface area contributed by atoms with Crippen molar-refractivity contribution < 1.29 is 47.2 Å². The Morgan fingerprint density at radius 1 is 0.593 bits per heavy atom. The summed E-state index contributed by atoms with van der Waals surface area (Å²) in [6.45, 7) is 9.93. The van der Waals surface area contributed by atoms with Gasteiger partial charge in [0.15, 0.2) is 0 Å². The minimum absolute atomic E-state index is 1.43. The fourth-order valence-corrected chi connectivity index (χ4v) is 24.4. The van der Waals surface area contributed by atoms with Gasteiger partial charge in [-0.15, -0.1) is 0 Å². The molecule has 162 valence electrons. The van der Waals surface area contributed by atoms with Crippen LogP contribution in [-0.2, 0) is 42.4 Å². The third-order valence-electron chi connectivity index (χ3n) is 3.73. The van der Waals surface area contributed by atoms with E-state index in [1.54, 1.807) is 26.2 Å². The van der Waals surface area contributed by atoms with Gasteiger partial charge in [-0.2, -0.15) is 0 Å². The predicted octanol–water partition coefficient (Wildman–Crippen LogP) is 0.371. The Labute approximate surface area is 168 Å². The first-order valence-corrected chi connectivity index (χ1v) is 21.5. The van der Waals surface area contributed by atoms with Gasteiger partial charge in [-0.05, 0) is 6.55 Å². The van der Waals surface area contributed by atoms with Crippen molar-refractivity contribution >= 4 is 53.3 Å².